The van der Waals surface area contributed by atoms with Crippen LogP contribution in [0.5, 0.6) is 23.0 Å². The molecule has 0 unspecified atom stereocenters. The van der Waals surface area contributed by atoms with Crippen molar-refractivity contribution in [1.82, 2.24) is 15.5 Å². The molecule has 3 heterocycles. The molecule has 214 valence electrons. The van der Waals surface area contributed by atoms with Crippen molar-refractivity contribution in [1.29, 1.82) is 0 Å². The van der Waals surface area contributed by atoms with E-state index >= 15 is 0 Å². The van der Waals surface area contributed by atoms with E-state index in [9.17, 15) is 18.8 Å². The number of rotatable bonds is 3. The molecule has 0 spiro atoms. The van der Waals surface area contributed by atoms with Gasteiger partial charge in [0.05, 0.1) is 37.4 Å². The smallest absolute Gasteiger partial charge is 0.258 e. The van der Waals surface area contributed by atoms with Crippen molar-refractivity contribution in [2.45, 2.75) is 18.7 Å². The highest BCUT2D eigenvalue weighted by molar-refractivity contribution is 6.33. The van der Waals surface area contributed by atoms with Crippen molar-refractivity contribution < 1.29 is 37.7 Å². The zero-order chi connectivity index (χ0) is 29.1. The Hall–Kier alpha value is -4.51. The van der Waals surface area contributed by atoms with Crippen molar-refractivity contribution >= 4 is 29.3 Å². The highest BCUT2D eigenvalue weighted by Gasteiger charge is 2.40. The van der Waals surface area contributed by atoms with Gasteiger partial charge in [-0.3, -0.25) is 14.4 Å². The second-order valence-electron chi connectivity index (χ2n) is 9.46. The molecular weight excluding hydrogens is 557 g/mol. The number of amides is 3. The van der Waals surface area contributed by atoms with Gasteiger partial charge in [-0.15, -0.1) is 0 Å². The molecule has 2 N–H and O–H groups in total. The fraction of sp³-hybridized carbons (Fsp3) is 0.276. The van der Waals surface area contributed by atoms with Crippen LogP contribution in [0.4, 0.5) is 4.39 Å². The van der Waals surface area contributed by atoms with Crippen LogP contribution < -0.4 is 29.6 Å². The number of ether oxygens (including phenoxy) is 4. The Labute approximate surface area is 240 Å². The van der Waals surface area contributed by atoms with Gasteiger partial charge in [0.2, 0.25) is 0 Å². The van der Waals surface area contributed by atoms with E-state index in [4.69, 9.17) is 30.5 Å². The largest absolute Gasteiger partial charge is 0.493 e. The summed E-state index contributed by atoms with van der Waals surface area (Å²) in [4.78, 5) is 40.6. The molecule has 3 aliphatic heterocycles. The second-order valence-corrected chi connectivity index (χ2v) is 9.87. The third-order valence-corrected chi connectivity index (χ3v) is 7.14. The van der Waals surface area contributed by atoms with Gasteiger partial charge in [-0.1, -0.05) is 23.7 Å². The standard InChI is InChI=1S/C29H27ClFN3O7/c1-38-21-9-7-17-11-24(21)40-15-26(35)32-12-16-6-8-22(23(10-16)39-2)41-25-14-34(13-20(25)33-28(17)36)29(37)27-18(30)4-3-5-19(27)31/h3-11,20,25H,12-15H2,1-2H3,(H,32,35)(H,33,36)/t20-,25-/m0/s1. The van der Waals surface area contributed by atoms with Crippen LogP contribution in [0.1, 0.15) is 26.3 Å². The molecule has 3 aliphatic rings. The quantitative estimate of drug-likeness (QED) is 0.486. The summed E-state index contributed by atoms with van der Waals surface area (Å²) in [5, 5.41) is 5.68. The number of fused-ring (bicyclic) bond motifs is 7. The van der Waals surface area contributed by atoms with E-state index in [2.05, 4.69) is 10.6 Å². The van der Waals surface area contributed by atoms with E-state index in [0.717, 1.165) is 11.6 Å². The predicted octanol–water partition coefficient (Wildman–Crippen LogP) is 3.21. The number of carbonyl (C=O) groups is 3. The number of likely N-dealkylation sites (tertiary alicyclic amines) is 1. The van der Waals surface area contributed by atoms with Crippen molar-refractivity contribution in [3.8, 4) is 23.0 Å². The minimum absolute atomic E-state index is 0.0171. The minimum Gasteiger partial charge on any atom is -0.493 e. The maximum absolute atomic E-state index is 14.6. The van der Waals surface area contributed by atoms with Gasteiger partial charge in [0.15, 0.2) is 29.6 Å². The van der Waals surface area contributed by atoms with Gasteiger partial charge in [0.1, 0.15) is 11.9 Å². The number of nitrogens with one attached hydrogen (secondary N) is 2. The summed E-state index contributed by atoms with van der Waals surface area (Å²) in [6, 6.07) is 13.0. The molecule has 3 amide bonds. The molecule has 1 saturated heterocycles. The molecule has 0 aromatic heterocycles. The number of methoxy groups -OCH3 is 2. The molecule has 2 atom stereocenters. The number of benzene rings is 3. The van der Waals surface area contributed by atoms with Crippen LogP contribution in [0.15, 0.2) is 54.6 Å². The number of nitrogens with zero attached hydrogens (tertiary/aromatic N) is 1. The Kier molecular flexibility index (Phi) is 8.16. The Morgan fingerprint density at radius 2 is 1.83 bits per heavy atom. The molecule has 3 aromatic rings. The SMILES string of the molecule is COc1ccc2cc1OCC(=O)NCc1ccc(c(OC)c1)O[C@H]1CN(C(=O)c3c(F)cccc3Cl)C[C@@H]1NC2=O. The highest BCUT2D eigenvalue weighted by atomic mass is 35.5. The first-order chi connectivity index (χ1) is 19.8. The second kappa shape index (κ2) is 11.9. The molecule has 12 heteroatoms. The number of carbonyl (C=O) groups excluding carboxylic acids is 3. The lowest BCUT2D eigenvalue weighted by atomic mass is 10.1. The summed E-state index contributed by atoms with van der Waals surface area (Å²) in [6.45, 7) is -0.0431. The first kappa shape index (κ1) is 28.0. The van der Waals surface area contributed by atoms with Crippen LogP contribution >= 0.6 is 11.6 Å². The third kappa shape index (κ3) is 5.99. The van der Waals surface area contributed by atoms with E-state index < -0.39 is 29.8 Å². The van der Waals surface area contributed by atoms with Gasteiger partial charge in [-0.2, -0.15) is 0 Å². The molecule has 41 heavy (non-hydrogen) atoms. The van der Waals surface area contributed by atoms with Crippen molar-refractivity contribution in [2.24, 2.45) is 0 Å². The molecule has 4 bridgehead atoms. The highest BCUT2D eigenvalue weighted by Crippen LogP contribution is 2.32. The molecule has 0 radical (unpaired) electrons. The monoisotopic (exact) mass is 583 g/mol. The zero-order valence-electron chi connectivity index (χ0n) is 22.2. The maximum atomic E-state index is 14.6. The van der Waals surface area contributed by atoms with Crippen molar-refractivity contribution in [3.63, 3.8) is 0 Å². The Balaban J connectivity index is 1.50. The third-order valence-electron chi connectivity index (χ3n) is 6.83. The minimum atomic E-state index is -0.746. The van der Waals surface area contributed by atoms with Gasteiger partial charge >= 0.3 is 0 Å². The summed E-state index contributed by atoms with van der Waals surface area (Å²) in [7, 11) is 2.92. The van der Waals surface area contributed by atoms with E-state index in [-0.39, 0.29) is 54.0 Å². The topological polar surface area (TPSA) is 115 Å². The predicted molar refractivity (Wildman–Crippen MR) is 146 cm³/mol. The van der Waals surface area contributed by atoms with Crippen LogP contribution in [0.25, 0.3) is 0 Å². The number of hydrogen-bond acceptors (Lipinski definition) is 7. The summed E-state index contributed by atoms with van der Waals surface area (Å²) < 4.78 is 37.4. The maximum Gasteiger partial charge on any atom is 0.258 e. The van der Waals surface area contributed by atoms with Crippen LogP contribution in [-0.4, -0.2) is 68.7 Å². The first-order valence-electron chi connectivity index (χ1n) is 12.7. The van der Waals surface area contributed by atoms with E-state index in [1.807, 2.05) is 0 Å². The molecule has 10 nitrogen and oxygen atoms in total. The normalized spacial score (nSPS) is 18.8. The van der Waals surface area contributed by atoms with Gasteiger partial charge in [0.25, 0.3) is 17.7 Å². The summed E-state index contributed by atoms with van der Waals surface area (Å²) in [5.41, 5.74) is 0.719. The molecule has 3 aromatic carbocycles. The average molecular weight is 584 g/mol. The summed E-state index contributed by atoms with van der Waals surface area (Å²) in [5.74, 6) is -0.929. The lowest BCUT2D eigenvalue weighted by Crippen LogP contribution is -2.45. The van der Waals surface area contributed by atoms with Crippen LogP contribution in [0.2, 0.25) is 5.02 Å². The fourth-order valence-corrected chi connectivity index (χ4v) is 4.96. The van der Waals surface area contributed by atoms with Crippen LogP contribution in [0.3, 0.4) is 0 Å². The van der Waals surface area contributed by atoms with E-state index in [1.165, 1.54) is 37.3 Å². The number of halogens is 2. The Morgan fingerprint density at radius 3 is 2.59 bits per heavy atom. The van der Waals surface area contributed by atoms with E-state index in [0.29, 0.717) is 17.2 Å². The number of hydrogen-bond donors (Lipinski definition) is 2. The van der Waals surface area contributed by atoms with Crippen LogP contribution in [0, 0.1) is 5.82 Å². The zero-order valence-corrected chi connectivity index (χ0v) is 23.0. The lowest BCUT2D eigenvalue weighted by molar-refractivity contribution is -0.123. The average Bonchev–Trinajstić information content (AvgIpc) is 3.36. The van der Waals surface area contributed by atoms with Gasteiger partial charge in [-0.05, 0) is 48.0 Å². The Morgan fingerprint density at radius 1 is 1.02 bits per heavy atom. The fourth-order valence-electron chi connectivity index (χ4n) is 4.72. The van der Waals surface area contributed by atoms with Crippen molar-refractivity contribution in [3.05, 3.63) is 82.1 Å². The van der Waals surface area contributed by atoms with E-state index in [1.54, 1.807) is 30.3 Å². The van der Waals surface area contributed by atoms with Gasteiger partial charge < -0.3 is 34.5 Å². The van der Waals surface area contributed by atoms with Gasteiger partial charge in [-0.25, -0.2) is 4.39 Å². The van der Waals surface area contributed by atoms with Crippen molar-refractivity contribution in [2.75, 3.05) is 33.9 Å². The first-order valence-corrected chi connectivity index (χ1v) is 13.1. The molecule has 1 fully saturated rings. The summed E-state index contributed by atoms with van der Waals surface area (Å²) in [6.07, 6.45) is -0.724. The van der Waals surface area contributed by atoms with Crippen LogP contribution in [-0.2, 0) is 11.3 Å². The molecule has 0 saturated carbocycles. The Bertz CT molecular complexity index is 1480. The van der Waals surface area contributed by atoms with Gasteiger partial charge in [0, 0.05) is 18.7 Å². The molecule has 6 rings (SSSR count). The summed E-state index contributed by atoms with van der Waals surface area (Å²) >= 11 is 6.16. The lowest BCUT2D eigenvalue weighted by Gasteiger charge is -2.22. The molecular formula is C29H27ClFN3O7. The molecule has 0 aliphatic carbocycles.